The van der Waals surface area contributed by atoms with Crippen LogP contribution < -0.4 is 10.5 Å². The van der Waals surface area contributed by atoms with E-state index in [1.54, 1.807) is 11.6 Å². The smallest absolute Gasteiger partial charge is 0.421 e. The number of morpholine rings is 1. The van der Waals surface area contributed by atoms with Crippen LogP contribution in [0.2, 0.25) is 0 Å². The highest BCUT2D eigenvalue weighted by Gasteiger charge is 2.32. The lowest BCUT2D eigenvalue weighted by atomic mass is 10.3. The second-order valence-electron chi connectivity index (χ2n) is 3.50. The van der Waals surface area contributed by atoms with Gasteiger partial charge in [0.1, 0.15) is 11.9 Å². The maximum atomic E-state index is 11.8. The summed E-state index contributed by atoms with van der Waals surface area (Å²) in [5.74, 6) is -0.258. The zero-order valence-electron chi connectivity index (χ0n) is 9.88. The van der Waals surface area contributed by atoms with Crippen molar-refractivity contribution in [3.05, 3.63) is 0 Å². The first kappa shape index (κ1) is 14.7. The number of nitrogens with one attached hydrogen (secondary N) is 2. The number of nitrogens with zero attached hydrogens (tertiary/aromatic N) is 1. The van der Waals surface area contributed by atoms with Crippen molar-refractivity contribution in [3.8, 4) is 0 Å². The van der Waals surface area contributed by atoms with Gasteiger partial charge in [-0.3, -0.25) is 5.41 Å². The maximum absolute atomic E-state index is 11.8. The standard InChI is InChI=1S/C8H16N4O5S/c1-2-16-8(13)11-18(14,15)12-3-4-17-6(5-12)7(9)10/h6H,2-5H2,1H3,(H3,9,10)(H,11,13). The highest BCUT2D eigenvalue weighted by molar-refractivity contribution is 7.87. The molecule has 1 heterocycles. The number of hydrogen-bond acceptors (Lipinski definition) is 6. The number of ether oxygens (including phenoxy) is 2. The largest absolute Gasteiger partial charge is 0.449 e. The number of carbonyl (C=O) groups is 1. The molecule has 0 aromatic rings. The lowest BCUT2D eigenvalue weighted by Crippen LogP contribution is -2.54. The summed E-state index contributed by atoms with van der Waals surface area (Å²) in [7, 11) is -3.99. The average Bonchev–Trinajstić information content (AvgIpc) is 2.28. The van der Waals surface area contributed by atoms with Crippen LogP contribution in [0, 0.1) is 5.41 Å². The van der Waals surface area contributed by atoms with Crippen molar-refractivity contribution in [1.29, 1.82) is 5.41 Å². The lowest BCUT2D eigenvalue weighted by Gasteiger charge is -2.30. The molecule has 1 aliphatic rings. The van der Waals surface area contributed by atoms with Crippen molar-refractivity contribution < 1.29 is 22.7 Å². The Balaban J connectivity index is 2.67. The maximum Gasteiger partial charge on any atom is 0.421 e. The van der Waals surface area contributed by atoms with Crippen molar-refractivity contribution >= 4 is 22.1 Å². The molecule has 9 nitrogen and oxygen atoms in total. The minimum atomic E-state index is -3.99. The van der Waals surface area contributed by atoms with Crippen LogP contribution in [0.15, 0.2) is 0 Å². The Morgan fingerprint density at radius 3 is 2.89 bits per heavy atom. The number of hydrogen-bond donors (Lipinski definition) is 3. The normalized spacial score (nSPS) is 21.3. The number of amides is 1. The van der Waals surface area contributed by atoms with Crippen LogP contribution in [0.4, 0.5) is 4.79 Å². The Hall–Kier alpha value is -1.39. The fourth-order valence-corrected chi connectivity index (χ4v) is 2.41. The molecule has 1 unspecified atom stereocenters. The molecule has 1 atom stereocenters. The minimum Gasteiger partial charge on any atom is -0.449 e. The zero-order chi connectivity index (χ0) is 13.8. The van der Waals surface area contributed by atoms with E-state index in [4.69, 9.17) is 15.9 Å². The average molecular weight is 280 g/mol. The van der Waals surface area contributed by atoms with Crippen molar-refractivity contribution in [3.63, 3.8) is 0 Å². The van der Waals surface area contributed by atoms with Gasteiger partial charge in [-0.05, 0) is 6.92 Å². The van der Waals surface area contributed by atoms with Gasteiger partial charge < -0.3 is 15.2 Å². The molecule has 1 fully saturated rings. The molecule has 1 aliphatic heterocycles. The summed E-state index contributed by atoms with van der Waals surface area (Å²) in [6.07, 6.45) is -1.83. The Bertz CT molecular complexity index is 423. The zero-order valence-corrected chi connectivity index (χ0v) is 10.7. The molecular weight excluding hydrogens is 264 g/mol. The van der Waals surface area contributed by atoms with Crippen LogP contribution >= 0.6 is 0 Å². The van der Waals surface area contributed by atoms with E-state index in [0.29, 0.717) is 0 Å². The van der Waals surface area contributed by atoms with Crippen molar-refractivity contribution in [1.82, 2.24) is 9.03 Å². The quantitative estimate of drug-likeness (QED) is 0.429. The highest BCUT2D eigenvalue weighted by atomic mass is 32.2. The van der Waals surface area contributed by atoms with Gasteiger partial charge in [-0.15, -0.1) is 0 Å². The molecule has 104 valence electrons. The first-order valence-corrected chi connectivity index (χ1v) is 6.71. The van der Waals surface area contributed by atoms with Gasteiger partial charge in [0.15, 0.2) is 0 Å². The summed E-state index contributed by atoms with van der Waals surface area (Å²) in [6.45, 7) is 1.71. The van der Waals surface area contributed by atoms with E-state index in [-0.39, 0.29) is 32.1 Å². The highest BCUT2D eigenvalue weighted by Crippen LogP contribution is 2.08. The SMILES string of the molecule is CCOC(=O)NS(=O)(=O)N1CCOC(C(=N)N)C1. The van der Waals surface area contributed by atoms with Gasteiger partial charge >= 0.3 is 16.3 Å². The van der Waals surface area contributed by atoms with Gasteiger partial charge in [-0.1, -0.05) is 0 Å². The summed E-state index contributed by atoms with van der Waals surface area (Å²) < 4.78 is 35.9. The molecule has 10 heteroatoms. The number of nitrogens with two attached hydrogens (primary N) is 1. The molecular formula is C8H16N4O5S. The van der Waals surface area contributed by atoms with E-state index < -0.39 is 22.4 Å². The van der Waals surface area contributed by atoms with Crippen LogP contribution in [-0.2, 0) is 19.7 Å². The van der Waals surface area contributed by atoms with Crippen LogP contribution in [-0.4, -0.2) is 57.1 Å². The Morgan fingerprint density at radius 1 is 1.67 bits per heavy atom. The second-order valence-corrected chi connectivity index (χ2v) is 5.17. The molecule has 0 spiro atoms. The molecule has 18 heavy (non-hydrogen) atoms. The van der Waals surface area contributed by atoms with E-state index in [1.165, 1.54) is 0 Å². The van der Waals surface area contributed by atoms with E-state index in [0.717, 1.165) is 4.31 Å². The lowest BCUT2D eigenvalue weighted by molar-refractivity contribution is 0.0363. The van der Waals surface area contributed by atoms with Crippen LogP contribution in [0.5, 0.6) is 0 Å². The molecule has 1 amide bonds. The molecule has 0 aliphatic carbocycles. The molecule has 1 saturated heterocycles. The van der Waals surface area contributed by atoms with Crippen molar-refractivity contribution in [2.24, 2.45) is 5.73 Å². The fraction of sp³-hybridized carbons (Fsp3) is 0.750. The summed E-state index contributed by atoms with van der Waals surface area (Å²) in [4.78, 5) is 11.1. The molecule has 0 saturated carbocycles. The monoisotopic (exact) mass is 280 g/mol. The molecule has 0 aromatic heterocycles. The van der Waals surface area contributed by atoms with Crippen LogP contribution in [0.25, 0.3) is 0 Å². The molecule has 0 radical (unpaired) electrons. The first-order chi connectivity index (χ1) is 8.36. The predicted octanol–water partition coefficient (Wildman–Crippen LogP) is -1.39. The first-order valence-electron chi connectivity index (χ1n) is 5.27. The second kappa shape index (κ2) is 5.98. The number of rotatable bonds is 4. The van der Waals surface area contributed by atoms with E-state index >= 15 is 0 Å². The molecule has 4 N–H and O–H groups in total. The molecule has 0 aromatic carbocycles. The van der Waals surface area contributed by atoms with Gasteiger partial charge in [0.05, 0.1) is 13.2 Å². The fourth-order valence-electron chi connectivity index (χ4n) is 1.36. The van der Waals surface area contributed by atoms with Crippen LogP contribution in [0.3, 0.4) is 0 Å². The van der Waals surface area contributed by atoms with Crippen molar-refractivity contribution in [2.45, 2.75) is 13.0 Å². The minimum absolute atomic E-state index is 0.0700. The molecule has 0 bridgehead atoms. The third-order valence-electron chi connectivity index (χ3n) is 2.20. The summed E-state index contributed by atoms with van der Waals surface area (Å²) in [5.41, 5.74) is 5.25. The van der Waals surface area contributed by atoms with Gasteiger partial charge in [-0.2, -0.15) is 12.7 Å². The van der Waals surface area contributed by atoms with Crippen LogP contribution in [0.1, 0.15) is 6.92 Å². The Morgan fingerprint density at radius 2 is 2.33 bits per heavy atom. The summed E-state index contributed by atoms with van der Waals surface area (Å²) >= 11 is 0. The van der Waals surface area contributed by atoms with E-state index in [9.17, 15) is 13.2 Å². The Kier molecular flexibility index (Phi) is 4.87. The van der Waals surface area contributed by atoms with Gasteiger partial charge in [-0.25, -0.2) is 9.52 Å². The third-order valence-corrected chi connectivity index (χ3v) is 3.64. The van der Waals surface area contributed by atoms with Gasteiger partial charge in [0, 0.05) is 13.1 Å². The molecule has 1 rings (SSSR count). The summed E-state index contributed by atoms with van der Waals surface area (Å²) in [5, 5.41) is 7.21. The predicted molar refractivity (Wildman–Crippen MR) is 62.3 cm³/mol. The van der Waals surface area contributed by atoms with Crippen molar-refractivity contribution in [2.75, 3.05) is 26.3 Å². The van der Waals surface area contributed by atoms with Gasteiger partial charge in [0.25, 0.3) is 0 Å². The summed E-state index contributed by atoms with van der Waals surface area (Å²) in [6, 6.07) is 0. The van der Waals surface area contributed by atoms with E-state index in [1.807, 2.05) is 0 Å². The third kappa shape index (κ3) is 3.82. The number of carbonyl (C=O) groups excluding carboxylic acids is 1. The number of amidine groups is 1. The topological polar surface area (TPSA) is 135 Å². The van der Waals surface area contributed by atoms with Gasteiger partial charge in [0.2, 0.25) is 0 Å². The Labute approximate surface area is 105 Å². The van der Waals surface area contributed by atoms with E-state index in [2.05, 4.69) is 4.74 Å².